The van der Waals surface area contributed by atoms with Gasteiger partial charge in [0.05, 0.1) is 19.1 Å². The van der Waals surface area contributed by atoms with Gasteiger partial charge in [-0.2, -0.15) is 0 Å². The van der Waals surface area contributed by atoms with E-state index >= 15 is 0 Å². The number of carbonyl (C=O) groups is 4. The Hall–Kier alpha value is -4.14. The van der Waals surface area contributed by atoms with Crippen LogP contribution >= 0.6 is 0 Å². The van der Waals surface area contributed by atoms with Gasteiger partial charge in [-0.15, -0.1) is 0 Å². The largest absolute Gasteiger partial charge is 0.497 e. The van der Waals surface area contributed by atoms with E-state index in [9.17, 15) is 24.3 Å². The molecule has 1 aromatic heterocycles. The Labute approximate surface area is 181 Å². The van der Waals surface area contributed by atoms with Crippen molar-refractivity contribution in [2.45, 2.75) is 18.4 Å². The highest BCUT2D eigenvalue weighted by molar-refractivity contribution is 6.10. The van der Waals surface area contributed by atoms with E-state index in [0.29, 0.717) is 16.7 Å². The normalized spacial score (nSPS) is 20.0. The number of rotatable bonds is 5. The fraction of sp³-hybridized carbons (Fsp3) is 0.217. The predicted octanol–water partition coefficient (Wildman–Crippen LogP) is 2.08. The third kappa shape index (κ3) is 2.93. The van der Waals surface area contributed by atoms with E-state index in [2.05, 4.69) is 5.32 Å². The third-order valence-corrected chi connectivity index (χ3v) is 6.05. The first-order valence-electron chi connectivity index (χ1n) is 9.88. The molecule has 0 unspecified atom stereocenters. The lowest BCUT2D eigenvalue weighted by atomic mass is 9.82. The Morgan fingerprint density at radius 2 is 2.00 bits per heavy atom. The summed E-state index contributed by atoms with van der Waals surface area (Å²) in [4.78, 5) is 51.0. The number of hydrogen-bond acceptors (Lipinski definition) is 6. The van der Waals surface area contributed by atoms with Crippen LogP contribution in [0.3, 0.4) is 0 Å². The van der Waals surface area contributed by atoms with Gasteiger partial charge < -0.3 is 19.2 Å². The first-order chi connectivity index (χ1) is 15.3. The van der Waals surface area contributed by atoms with Gasteiger partial charge in [0.1, 0.15) is 22.5 Å². The monoisotopic (exact) mass is 434 g/mol. The van der Waals surface area contributed by atoms with Crippen LogP contribution in [0.4, 0.5) is 0 Å². The van der Waals surface area contributed by atoms with Crippen molar-refractivity contribution < 1.29 is 33.4 Å². The number of fused-ring (bicyclic) bond motifs is 2. The maximum atomic E-state index is 13.1. The number of carboxylic acid groups (broad SMARTS) is 1. The molecular formula is C23H18N2O7. The van der Waals surface area contributed by atoms with Crippen molar-refractivity contribution >= 4 is 34.7 Å². The fourth-order valence-electron chi connectivity index (χ4n) is 4.37. The van der Waals surface area contributed by atoms with Gasteiger partial charge in [0.15, 0.2) is 0 Å². The molecule has 0 radical (unpaired) electrons. The predicted molar refractivity (Wildman–Crippen MR) is 110 cm³/mol. The van der Waals surface area contributed by atoms with Crippen molar-refractivity contribution in [2.75, 3.05) is 13.7 Å². The number of aromatic carboxylic acids is 1. The summed E-state index contributed by atoms with van der Waals surface area (Å²) in [5.74, 6) is -1.64. The maximum absolute atomic E-state index is 13.1. The number of nitrogens with zero attached hydrogens (tertiary/aromatic N) is 1. The summed E-state index contributed by atoms with van der Waals surface area (Å²) in [6, 6.07) is 11.2. The zero-order valence-corrected chi connectivity index (χ0v) is 17.0. The summed E-state index contributed by atoms with van der Waals surface area (Å²) >= 11 is 0. The molecule has 0 spiro atoms. The van der Waals surface area contributed by atoms with Crippen molar-refractivity contribution in [3.63, 3.8) is 0 Å². The molecule has 2 aliphatic heterocycles. The second-order valence-corrected chi connectivity index (χ2v) is 7.99. The van der Waals surface area contributed by atoms with Crippen molar-refractivity contribution in [2.24, 2.45) is 0 Å². The molecule has 3 aromatic rings. The highest BCUT2D eigenvalue weighted by Gasteiger charge is 2.53. The van der Waals surface area contributed by atoms with E-state index < -0.39 is 23.2 Å². The summed E-state index contributed by atoms with van der Waals surface area (Å²) in [6.07, 6.45) is -0.180. The average molecular weight is 434 g/mol. The molecule has 2 aromatic carbocycles. The SMILES string of the molecule is COc1ccc2c(c1)C(=O)N(C[C@@]1(c3cc4ccc(C(=O)O)cc4o3)CC(=O)NC1=O)C2. The number of amides is 3. The Morgan fingerprint density at radius 3 is 2.69 bits per heavy atom. The van der Waals surface area contributed by atoms with Crippen LogP contribution in [0.15, 0.2) is 46.9 Å². The average Bonchev–Trinajstić information content (AvgIpc) is 3.41. The summed E-state index contributed by atoms with van der Waals surface area (Å²) < 4.78 is 11.1. The Bertz CT molecular complexity index is 1330. The molecule has 1 atom stereocenters. The number of benzene rings is 2. The Balaban J connectivity index is 1.55. The first-order valence-corrected chi connectivity index (χ1v) is 9.88. The summed E-state index contributed by atoms with van der Waals surface area (Å²) in [5, 5.41) is 12.1. The molecular weight excluding hydrogens is 416 g/mol. The minimum atomic E-state index is -1.42. The molecule has 2 N–H and O–H groups in total. The van der Waals surface area contributed by atoms with Crippen molar-refractivity contribution in [3.8, 4) is 5.75 Å². The summed E-state index contributed by atoms with van der Waals surface area (Å²) in [7, 11) is 1.51. The number of carbonyl (C=O) groups excluding carboxylic acids is 3. The minimum absolute atomic E-state index is 0.0403. The van der Waals surface area contributed by atoms with Crippen LogP contribution in [0.2, 0.25) is 0 Å². The highest BCUT2D eigenvalue weighted by atomic mass is 16.5. The standard InChI is InChI=1S/C23H18N2O7/c1-31-15-5-4-14-10-25(20(27)16(14)8-15)11-23(9-19(26)24-22(23)30)18-7-12-2-3-13(21(28)29)6-17(12)32-18/h2-8H,9-11H2,1H3,(H,28,29)(H,24,26,30)/t23-/m1/s1. The molecule has 0 saturated carbocycles. The number of imide groups is 1. The van der Waals surface area contributed by atoms with E-state index in [-0.39, 0.29) is 42.3 Å². The Morgan fingerprint density at radius 1 is 1.19 bits per heavy atom. The summed E-state index contributed by atoms with van der Waals surface area (Å²) in [5.41, 5.74) is 0.193. The van der Waals surface area contributed by atoms with Gasteiger partial charge in [0.2, 0.25) is 11.8 Å². The van der Waals surface area contributed by atoms with Crippen molar-refractivity contribution in [3.05, 3.63) is 64.9 Å². The van der Waals surface area contributed by atoms with Gasteiger partial charge in [0, 0.05) is 24.0 Å². The van der Waals surface area contributed by atoms with Crippen molar-refractivity contribution in [1.82, 2.24) is 10.2 Å². The minimum Gasteiger partial charge on any atom is -0.497 e. The Kier molecular flexibility index (Phi) is 4.30. The number of ether oxygens (including phenoxy) is 1. The van der Waals surface area contributed by atoms with E-state index in [1.54, 1.807) is 30.3 Å². The number of methoxy groups -OCH3 is 1. The van der Waals surface area contributed by atoms with Crippen LogP contribution in [-0.4, -0.2) is 47.4 Å². The zero-order chi connectivity index (χ0) is 22.6. The maximum Gasteiger partial charge on any atom is 0.335 e. The number of carboxylic acids is 1. The molecule has 9 heteroatoms. The van der Waals surface area contributed by atoms with Gasteiger partial charge in [-0.1, -0.05) is 12.1 Å². The molecule has 0 aliphatic carbocycles. The molecule has 1 fully saturated rings. The van der Waals surface area contributed by atoms with Crippen LogP contribution in [0, 0.1) is 0 Å². The third-order valence-electron chi connectivity index (χ3n) is 6.05. The molecule has 5 rings (SSSR count). The molecule has 32 heavy (non-hydrogen) atoms. The van der Waals surface area contributed by atoms with Crippen LogP contribution in [0.25, 0.3) is 11.0 Å². The second kappa shape index (κ2) is 6.94. The lowest BCUT2D eigenvalue weighted by Crippen LogP contribution is -2.46. The molecule has 3 amide bonds. The van der Waals surface area contributed by atoms with Gasteiger partial charge in [-0.05, 0) is 35.9 Å². The molecule has 0 bridgehead atoms. The van der Waals surface area contributed by atoms with Crippen molar-refractivity contribution in [1.29, 1.82) is 0 Å². The highest BCUT2D eigenvalue weighted by Crippen LogP contribution is 2.39. The van der Waals surface area contributed by atoms with Crippen LogP contribution in [-0.2, 0) is 21.5 Å². The van der Waals surface area contributed by atoms with E-state index in [4.69, 9.17) is 9.15 Å². The fourth-order valence-corrected chi connectivity index (χ4v) is 4.37. The van der Waals surface area contributed by atoms with Crippen LogP contribution in [0.1, 0.15) is 38.5 Å². The second-order valence-electron chi connectivity index (χ2n) is 7.99. The van der Waals surface area contributed by atoms with E-state index in [1.807, 2.05) is 0 Å². The van der Waals surface area contributed by atoms with E-state index in [0.717, 1.165) is 5.56 Å². The molecule has 162 valence electrons. The topological polar surface area (TPSA) is 126 Å². The number of furan rings is 1. The smallest absolute Gasteiger partial charge is 0.335 e. The van der Waals surface area contributed by atoms with Gasteiger partial charge in [-0.3, -0.25) is 19.7 Å². The molecule has 3 heterocycles. The number of hydrogen-bond donors (Lipinski definition) is 2. The number of nitrogens with one attached hydrogen (secondary N) is 1. The first kappa shape index (κ1) is 19.8. The van der Waals surface area contributed by atoms with Gasteiger partial charge in [-0.25, -0.2) is 4.79 Å². The van der Waals surface area contributed by atoms with Gasteiger partial charge in [0.25, 0.3) is 5.91 Å². The quantitative estimate of drug-likeness (QED) is 0.589. The van der Waals surface area contributed by atoms with Gasteiger partial charge >= 0.3 is 5.97 Å². The zero-order valence-electron chi connectivity index (χ0n) is 17.0. The molecule has 1 saturated heterocycles. The lowest BCUT2D eigenvalue weighted by molar-refractivity contribution is -0.127. The lowest BCUT2D eigenvalue weighted by Gasteiger charge is -2.28. The van der Waals surface area contributed by atoms with Crippen LogP contribution < -0.4 is 10.1 Å². The van der Waals surface area contributed by atoms with Crippen LogP contribution in [0.5, 0.6) is 5.75 Å². The summed E-state index contributed by atoms with van der Waals surface area (Å²) in [6.45, 7) is 0.219. The van der Waals surface area contributed by atoms with E-state index in [1.165, 1.54) is 24.1 Å². The molecule has 2 aliphatic rings. The molecule has 9 nitrogen and oxygen atoms in total.